The number of benzene rings is 1. The molecule has 0 aliphatic heterocycles. The van der Waals surface area contributed by atoms with Crippen molar-refractivity contribution in [2.24, 2.45) is 0 Å². The fourth-order valence-electron chi connectivity index (χ4n) is 0.972. The van der Waals surface area contributed by atoms with E-state index in [1.165, 1.54) is 0 Å². The van der Waals surface area contributed by atoms with Crippen LogP contribution in [0.5, 0.6) is 0 Å². The fraction of sp³-hybridized carbons (Fsp3) is 0.167. The SMILES string of the molecule is C=c1cccc/c1=C/C=C(\C)OC. The van der Waals surface area contributed by atoms with Gasteiger partial charge in [0.1, 0.15) is 0 Å². The number of methoxy groups -OCH3 is 1. The summed E-state index contributed by atoms with van der Waals surface area (Å²) in [5.41, 5.74) is 0. The maximum absolute atomic E-state index is 5.02. The van der Waals surface area contributed by atoms with Gasteiger partial charge in [0.15, 0.2) is 0 Å². The van der Waals surface area contributed by atoms with Gasteiger partial charge in [-0.15, -0.1) is 0 Å². The van der Waals surface area contributed by atoms with Gasteiger partial charge in [0.25, 0.3) is 0 Å². The highest BCUT2D eigenvalue weighted by molar-refractivity contribution is 5.38. The molecule has 0 fully saturated rings. The van der Waals surface area contributed by atoms with E-state index in [4.69, 9.17) is 4.74 Å². The van der Waals surface area contributed by atoms with Gasteiger partial charge in [0, 0.05) is 0 Å². The summed E-state index contributed by atoms with van der Waals surface area (Å²) in [4.78, 5) is 0. The van der Waals surface area contributed by atoms with Crippen LogP contribution in [0.4, 0.5) is 0 Å². The van der Waals surface area contributed by atoms with Gasteiger partial charge >= 0.3 is 0 Å². The van der Waals surface area contributed by atoms with Crippen molar-refractivity contribution in [3.8, 4) is 0 Å². The second kappa shape index (κ2) is 4.51. The number of allylic oxidation sites excluding steroid dienone is 2. The summed E-state index contributed by atoms with van der Waals surface area (Å²) in [7, 11) is 1.66. The monoisotopic (exact) mass is 174 g/mol. The van der Waals surface area contributed by atoms with Crippen LogP contribution in [-0.4, -0.2) is 7.11 Å². The third-order valence-electron chi connectivity index (χ3n) is 1.87. The van der Waals surface area contributed by atoms with Crippen molar-refractivity contribution in [3.05, 3.63) is 46.5 Å². The lowest BCUT2D eigenvalue weighted by Gasteiger charge is -1.94. The Morgan fingerprint density at radius 3 is 2.69 bits per heavy atom. The fourth-order valence-corrected chi connectivity index (χ4v) is 0.972. The van der Waals surface area contributed by atoms with E-state index >= 15 is 0 Å². The first-order chi connectivity index (χ1) is 6.24. The highest BCUT2D eigenvalue weighted by Gasteiger charge is 1.81. The summed E-state index contributed by atoms with van der Waals surface area (Å²) in [6, 6.07) is 7.99. The van der Waals surface area contributed by atoms with E-state index in [9.17, 15) is 0 Å². The van der Waals surface area contributed by atoms with E-state index in [1.807, 2.05) is 43.3 Å². The van der Waals surface area contributed by atoms with Gasteiger partial charge in [-0.25, -0.2) is 0 Å². The van der Waals surface area contributed by atoms with Crippen LogP contribution in [0.1, 0.15) is 6.92 Å². The van der Waals surface area contributed by atoms with Crippen molar-refractivity contribution in [3.63, 3.8) is 0 Å². The molecule has 0 aromatic heterocycles. The Kier molecular flexibility index (Phi) is 3.32. The van der Waals surface area contributed by atoms with Crippen molar-refractivity contribution in [2.75, 3.05) is 7.11 Å². The zero-order chi connectivity index (χ0) is 9.68. The second-order valence-corrected chi connectivity index (χ2v) is 2.85. The van der Waals surface area contributed by atoms with Crippen molar-refractivity contribution in [1.29, 1.82) is 0 Å². The molecule has 1 heteroatoms. The molecule has 1 aromatic carbocycles. The smallest absolute Gasteiger partial charge is 0.0924 e. The number of hydrogen-bond acceptors (Lipinski definition) is 1. The zero-order valence-electron chi connectivity index (χ0n) is 8.08. The van der Waals surface area contributed by atoms with Crippen LogP contribution in [0.2, 0.25) is 0 Å². The first-order valence-electron chi connectivity index (χ1n) is 4.20. The van der Waals surface area contributed by atoms with Gasteiger partial charge in [0.05, 0.1) is 12.9 Å². The molecule has 13 heavy (non-hydrogen) atoms. The molecule has 0 saturated carbocycles. The molecule has 1 aromatic rings. The molecule has 0 amide bonds. The van der Waals surface area contributed by atoms with Gasteiger partial charge in [0.2, 0.25) is 0 Å². The predicted molar refractivity (Wildman–Crippen MR) is 56.4 cm³/mol. The van der Waals surface area contributed by atoms with Crippen LogP contribution < -0.4 is 10.4 Å². The third kappa shape index (κ3) is 2.79. The minimum atomic E-state index is 0.892. The minimum absolute atomic E-state index is 0.892. The van der Waals surface area contributed by atoms with Crippen LogP contribution in [-0.2, 0) is 4.74 Å². The van der Waals surface area contributed by atoms with E-state index in [0.717, 1.165) is 16.2 Å². The molecule has 0 unspecified atom stereocenters. The van der Waals surface area contributed by atoms with E-state index in [-0.39, 0.29) is 0 Å². The number of hydrogen-bond donors (Lipinski definition) is 0. The van der Waals surface area contributed by atoms with E-state index in [2.05, 4.69) is 6.58 Å². The largest absolute Gasteiger partial charge is 0.501 e. The number of rotatable bonds is 2. The average molecular weight is 174 g/mol. The average Bonchev–Trinajstić information content (AvgIpc) is 2.16. The highest BCUT2D eigenvalue weighted by atomic mass is 16.5. The second-order valence-electron chi connectivity index (χ2n) is 2.85. The summed E-state index contributed by atoms with van der Waals surface area (Å²) < 4.78 is 5.02. The lowest BCUT2D eigenvalue weighted by Crippen LogP contribution is -2.21. The predicted octanol–water partition coefficient (Wildman–Crippen LogP) is 1.43. The van der Waals surface area contributed by atoms with Crippen LogP contribution in [0.3, 0.4) is 0 Å². The van der Waals surface area contributed by atoms with Crippen molar-refractivity contribution in [1.82, 2.24) is 0 Å². The van der Waals surface area contributed by atoms with Crippen molar-refractivity contribution >= 4 is 12.7 Å². The highest BCUT2D eigenvalue weighted by Crippen LogP contribution is 1.90. The normalized spacial score (nSPS) is 13.1. The molecule has 1 rings (SSSR count). The van der Waals surface area contributed by atoms with Gasteiger partial charge in [-0.3, -0.25) is 0 Å². The van der Waals surface area contributed by atoms with Crippen molar-refractivity contribution < 1.29 is 4.74 Å². The maximum atomic E-state index is 5.02. The molecule has 0 bridgehead atoms. The van der Waals surface area contributed by atoms with Crippen LogP contribution in [0.15, 0.2) is 36.1 Å². The quantitative estimate of drug-likeness (QED) is 0.616. The summed E-state index contributed by atoms with van der Waals surface area (Å²) >= 11 is 0. The number of ether oxygens (including phenoxy) is 1. The van der Waals surface area contributed by atoms with Gasteiger partial charge < -0.3 is 4.74 Å². The molecule has 0 spiro atoms. The molecule has 0 atom stereocenters. The Labute approximate surface area is 78.7 Å². The standard InChI is InChI=1S/C12H14O/c1-10-6-4-5-7-12(10)9-8-11(2)13-3/h4-9H,1H2,2-3H3/b11-8+,12-9-. The van der Waals surface area contributed by atoms with Gasteiger partial charge in [-0.05, 0) is 23.4 Å². The molecule has 1 nitrogen and oxygen atoms in total. The Bertz CT molecular complexity index is 401. The van der Waals surface area contributed by atoms with E-state index < -0.39 is 0 Å². The summed E-state index contributed by atoms with van der Waals surface area (Å²) in [6.07, 6.45) is 3.94. The van der Waals surface area contributed by atoms with Crippen LogP contribution >= 0.6 is 0 Å². The summed E-state index contributed by atoms with van der Waals surface area (Å²) in [5, 5.41) is 2.15. The van der Waals surface area contributed by atoms with E-state index in [1.54, 1.807) is 7.11 Å². The molecule has 0 heterocycles. The Balaban J connectivity index is 3.09. The lowest BCUT2D eigenvalue weighted by molar-refractivity contribution is 0.294. The molecule has 0 aliphatic carbocycles. The Hall–Kier alpha value is -1.50. The van der Waals surface area contributed by atoms with Gasteiger partial charge in [-0.1, -0.05) is 36.9 Å². The topological polar surface area (TPSA) is 9.23 Å². The molecule has 0 radical (unpaired) electrons. The molecular formula is C12H14O. The molecule has 68 valence electrons. The Morgan fingerprint density at radius 1 is 1.38 bits per heavy atom. The first kappa shape index (κ1) is 9.59. The molecular weight excluding hydrogens is 160 g/mol. The Morgan fingerprint density at radius 2 is 2.08 bits per heavy atom. The first-order valence-corrected chi connectivity index (χ1v) is 4.20. The molecule has 0 N–H and O–H groups in total. The van der Waals surface area contributed by atoms with Crippen molar-refractivity contribution in [2.45, 2.75) is 6.92 Å². The van der Waals surface area contributed by atoms with Crippen LogP contribution in [0.25, 0.3) is 12.7 Å². The zero-order valence-corrected chi connectivity index (χ0v) is 8.08. The van der Waals surface area contributed by atoms with Crippen LogP contribution in [0, 0.1) is 0 Å². The summed E-state index contributed by atoms with van der Waals surface area (Å²) in [5.74, 6) is 0.892. The molecule has 0 saturated heterocycles. The molecule has 0 aliphatic rings. The summed E-state index contributed by atoms with van der Waals surface area (Å²) in [6.45, 7) is 5.84. The third-order valence-corrected chi connectivity index (χ3v) is 1.87. The lowest BCUT2D eigenvalue weighted by atomic mass is 10.2. The van der Waals surface area contributed by atoms with Gasteiger partial charge in [-0.2, -0.15) is 0 Å². The minimum Gasteiger partial charge on any atom is -0.501 e. The maximum Gasteiger partial charge on any atom is 0.0924 e. The van der Waals surface area contributed by atoms with E-state index in [0.29, 0.717) is 0 Å².